The maximum absolute atomic E-state index is 6.57. The number of nitrogens with zero attached hydrogens (tertiary/aromatic N) is 2. The molecule has 3 heteroatoms. The van der Waals surface area contributed by atoms with Crippen LogP contribution >= 0.6 is 0 Å². The van der Waals surface area contributed by atoms with Gasteiger partial charge in [0, 0.05) is 33.0 Å². The lowest BCUT2D eigenvalue weighted by Gasteiger charge is -2.14. The second-order valence-electron chi connectivity index (χ2n) is 13.4. The largest absolute Gasteiger partial charge is 0.455 e. The van der Waals surface area contributed by atoms with Gasteiger partial charge in [-0.15, -0.1) is 0 Å². The molecular weight excluding hydrogens is 645 g/mol. The first-order chi connectivity index (χ1) is 26.2. The van der Waals surface area contributed by atoms with Crippen LogP contribution in [0.1, 0.15) is 0 Å². The predicted molar refractivity (Wildman–Crippen MR) is 219 cm³/mol. The van der Waals surface area contributed by atoms with Gasteiger partial charge < -0.3 is 4.42 Å². The summed E-state index contributed by atoms with van der Waals surface area (Å²) in [4.78, 5) is 10.4. The van der Waals surface area contributed by atoms with Crippen LogP contribution in [-0.2, 0) is 0 Å². The smallest absolute Gasteiger partial charge is 0.160 e. The second-order valence-corrected chi connectivity index (χ2v) is 13.4. The summed E-state index contributed by atoms with van der Waals surface area (Å²) in [7, 11) is 0. The van der Waals surface area contributed by atoms with Crippen LogP contribution in [-0.4, -0.2) is 9.97 Å². The molecule has 0 aliphatic carbocycles. The zero-order valence-corrected chi connectivity index (χ0v) is 28.8. The number of hydrogen-bond donors (Lipinski definition) is 0. The van der Waals surface area contributed by atoms with Crippen molar-refractivity contribution < 1.29 is 4.42 Å². The van der Waals surface area contributed by atoms with Gasteiger partial charge in [0.25, 0.3) is 0 Å². The summed E-state index contributed by atoms with van der Waals surface area (Å²) >= 11 is 0. The van der Waals surface area contributed by atoms with Crippen LogP contribution in [0.2, 0.25) is 0 Å². The van der Waals surface area contributed by atoms with Crippen LogP contribution in [0.25, 0.3) is 100.0 Å². The van der Waals surface area contributed by atoms with Crippen LogP contribution in [0.5, 0.6) is 0 Å². The number of furan rings is 1. The van der Waals surface area contributed by atoms with Crippen LogP contribution in [0, 0.1) is 0 Å². The van der Waals surface area contributed by atoms with E-state index in [2.05, 4.69) is 158 Å². The number of hydrogen-bond acceptors (Lipinski definition) is 3. The van der Waals surface area contributed by atoms with E-state index < -0.39 is 0 Å². The van der Waals surface area contributed by atoms with E-state index in [1.807, 2.05) is 36.4 Å². The third-order valence-electron chi connectivity index (χ3n) is 10.1. The molecule has 0 aliphatic rings. The molecule has 248 valence electrons. The quantitative estimate of drug-likeness (QED) is 0.176. The van der Waals surface area contributed by atoms with Gasteiger partial charge in [0.1, 0.15) is 11.2 Å². The molecule has 0 saturated carbocycles. The summed E-state index contributed by atoms with van der Waals surface area (Å²) in [6.07, 6.45) is 0. The number of fused-ring (bicyclic) bond motifs is 4. The van der Waals surface area contributed by atoms with Crippen molar-refractivity contribution >= 4 is 32.7 Å². The van der Waals surface area contributed by atoms with Crippen molar-refractivity contribution in [3.05, 3.63) is 194 Å². The Bertz CT molecular complexity index is 2920. The molecule has 2 aromatic heterocycles. The third-order valence-corrected chi connectivity index (χ3v) is 10.1. The van der Waals surface area contributed by atoms with Gasteiger partial charge in [0.2, 0.25) is 0 Å². The van der Waals surface area contributed by atoms with Crippen molar-refractivity contribution in [3.8, 4) is 67.3 Å². The highest BCUT2D eigenvalue weighted by Crippen LogP contribution is 2.41. The van der Waals surface area contributed by atoms with Crippen molar-refractivity contribution in [1.29, 1.82) is 0 Å². The van der Waals surface area contributed by atoms with Gasteiger partial charge in [-0.2, -0.15) is 0 Å². The molecule has 0 atom stereocenters. The van der Waals surface area contributed by atoms with Crippen LogP contribution in [0.4, 0.5) is 0 Å². The molecule has 0 saturated heterocycles. The fourth-order valence-corrected chi connectivity index (χ4v) is 7.46. The van der Waals surface area contributed by atoms with E-state index in [1.54, 1.807) is 0 Å². The summed E-state index contributed by atoms with van der Waals surface area (Å²) in [5.41, 5.74) is 13.2. The molecule has 0 fully saturated rings. The van der Waals surface area contributed by atoms with E-state index >= 15 is 0 Å². The van der Waals surface area contributed by atoms with Crippen molar-refractivity contribution in [3.63, 3.8) is 0 Å². The lowest BCUT2D eigenvalue weighted by Crippen LogP contribution is -1.97. The van der Waals surface area contributed by atoms with Crippen molar-refractivity contribution in [2.24, 2.45) is 0 Å². The summed E-state index contributed by atoms with van der Waals surface area (Å²) in [6, 6.07) is 68.0. The molecule has 8 aromatic carbocycles. The van der Waals surface area contributed by atoms with Crippen molar-refractivity contribution in [2.45, 2.75) is 0 Å². The minimum Gasteiger partial charge on any atom is -0.455 e. The van der Waals surface area contributed by atoms with Crippen LogP contribution in [0.15, 0.2) is 199 Å². The predicted octanol–water partition coefficient (Wildman–Crippen LogP) is 13.5. The average molecular weight is 677 g/mol. The van der Waals surface area contributed by atoms with Gasteiger partial charge in [-0.25, -0.2) is 9.97 Å². The molecule has 0 aliphatic heterocycles. The van der Waals surface area contributed by atoms with E-state index in [9.17, 15) is 0 Å². The Balaban J connectivity index is 1.20. The van der Waals surface area contributed by atoms with E-state index in [0.717, 1.165) is 72.3 Å². The fourth-order valence-electron chi connectivity index (χ4n) is 7.46. The van der Waals surface area contributed by atoms with Crippen LogP contribution < -0.4 is 0 Å². The summed E-state index contributed by atoms with van der Waals surface area (Å²) < 4.78 is 6.57. The van der Waals surface area contributed by atoms with E-state index in [-0.39, 0.29) is 0 Å². The van der Waals surface area contributed by atoms with E-state index in [1.165, 1.54) is 21.9 Å². The lowest BCUT2D eigenvalue weighted by molar-refractivity contribution is 0.670. The molecule has 0 N–H and O–H groups in total. The molecule has 0 spiro atoms. The highest BCUT2D eigenvalue weighted by molar-refractivity contribution is 6.10. The van der Waals surface area contributed by atoms with Crippen molar-refractivity contribution in [1.82, 2.24) is 9.97 Å². The molecule has 3 nitrogen and oxygen atoms in total. The van der Waals surface area contributed by atoms with Crippen molar-refractivity contribution in [2.75, 3.05) is 0 Å². The Morgan fingerprint density at radius 3 is 1.64 bits per heavy atom. The molecule has 0 bridgehead atoms. The molecule has 2 heterocycles. The highest BCUT2D eigenvalue weighted by atomic mass is 16.3. The zero-order valence-electron chi connectivity index (χ0n) is 28.8. The van der Waals surface area contributed by atoms with Gasteiger partial charge in [-0.3, -0.25) is 0 Å². The second kappa shape index (κ2) is 12.9. The average Bonchev–Trinajstić information content (AvgIpc) is 3.63. The van der Waals surface area contributed by atoms with Gasteiger partial charge in [0.15, 0.2) is 5.82 Å². The number of rotatable bonds is 6. The summed E-state index contributed by atoms with van der Waals surface area (Å²) in [5.74, 6) is 0.682. The molecule has 10 aromatic rings. The Labute approximate surface area is 307 Å². The van der Waals surface area contributed by atoms with Gasteiger partial charge in [0.05, 0.1) is 11.4 Å². The highest BCUT2D eigenvalue weighted by Gasteiger charge is 2.17. The summed E-state index contributed by atoms with van der Waals surface area (Å²) in [5, 5.41) is 4.61. The number of aromatic nitrogens is 2. The molecule has 0 radical (unpaired) electrons. The molecule has 0 unspecified atom stereocenters. The SMILES string of the molecule is c1ccc(-c2ccc(-c3cc(-c4cc(-c5cccc6ccccc56)cc(-c5cccc6c5oc5ccccc56)c4)nc(-c4ccccc4)n3)cc2)cc1. The van der Waals surface area contributed by atoms with Gasteiger partial charge in [-0.05, 0) is 68.9 Å². The lowest BCUT2D eigenvalue weighted by atomic mass is 9.91. The maximum Gasteiger partial charge on any atom is 0.160 e. The van der Waals surface area contributed by atoms with Gasteiger partial charge >= 0.3 is 0 Å². The standard InChI is InChI=1S/C50H32N2O/c1-3-13-33(14-4-1)34-25-27-36(28-26-34)46-32-47(52-50(51-46)37-16-5-2-6-17-37)40-30-38(42-21-11-18-35-15-7-8-19-41(35)42)29-39(31-40)43-22-12-23-45-44-20-9-10-24-48(44)53-49(43)45/h1-32H. The Morgan fingerprint density at radius 1 is 0.321 bits per heavy atom. The number of para-hydroxylation sites is 2. The molecule has 53 heavy (non-hydrogen) atoms. The first-order valence-corrected chi connectivity index (χ1v) is 17.9. The van der Waals surface area contributed by atoms with E-state index in [4.69, 9.17) is 14.4 Å². The summed E-state index contributed by atoms with van der Waals surface area (Å²) in [6.45, 7) is 0. The Morgan fingerprint density at radius 2 is 0.849 bits per heavy atom. The van der Waals surface area contributed by atoms with Gasteiger partial charge in [-0.1, -0.05) is 164 Å². The molecular formula is C50H32N2O. The first-order valence-electron chi connectivity index (χ1n) is 17.9. The van der Waals surface area contributed by atoms with Crippen LogP contribution in [0.3, 0.4) is 0 Å². The zero-order chi connectivity index (χ0) is 35.1. The maximum atomic E-state index is 6.57. The number of benzene rings is 8. The third kappa shape index (κ3) is 5.65. The monoisotopic (exact) mass is 676 g/mol. The fraction of sp³-hybridized carbons (Fsp3) is 0. The van der Waals surface area contributed by atoms with E-state index in [0.29, 0.717) is 5.82 Å². The first kappa shape index (κ1) is 30.7. The topological polar surface area (TPSA) is 38.9 Å². The minimum absolute atomic E-state index is 0.682. The Hall–Kier alpha value is -7.10. The minimum atomic E-state index is 0.682. The normalized spacial score (nSPS) is 11.4. The molecule has 10 rings (SSSR count). The Kier molecular flexibility index (Phi) is 7.47. The molecule has 0 amide bonds.